The molecule has 0 aliphatic rings. The Balaban J connectivity index is 2.36. The zero-order valence-corrected chi connectivity index (χ0v) is 8.25. The van der Waals surface area contributed by atoms with Gasteiger partial charge in [0.1, 0.15) is 0 Å². The number of anilines is 1. The van der Waals surface area contributed by atoms with E-state index in [1.165, 1.54) is 0 Å². The largest absolute Gasteiger partial charge is 0.385 e. The third-order valence-corrected chi connectivity index (χ3v) is 1.77. The van der Waals surface area contributed by atoms with Crippen LogP contribution in [0.2, 0.25) is 0 Å². The second kappa shape index (κ2) is 5.36. The predicted molar refractivity (Wildman–Crippen MR) is 56.9 cm³/mol. The number of aromatic nitrogens is 1. The molecule has 0 spiro atoms. The van der Waals surface area contributed by atoms with Gasteiger partial charge < -0.3 is 5.32 Å². The molecule has 0 unspecified atom stereocenters. The molecule has 1 aromatic heterocycles. The molecule has 1 heterocycles. The predicted octanol–water partition coefficient (Wildman–Crippen LogP) is 2.77. The number of nitrogens with one attached hydrogen (secondary N) is 1. The van der Waals surface area contributed by atoms with E-state index in [0.717, 1.165) is 24.3 Å². The zero-order chi connectivity index (χ0) is 9.52. The fourth-order valence-corrected chi connectivity index (χ4v) is 1.12. The van der Waals surface area contributed by atoms with E-state index in [9.17, 15) is 0 Å². The highest BCUT2D eigenvalue weighted by atomic mass is 14.9. The Hall–Kier alpha value is -1.31. The van der Waals surface area contributed by atoms with Gasteiger partial charge in [0.05, 0.1) is 0 Å². The summed E-state index contributed by atoms with van der Waals surface area (Å²) in [5.41, 5.74) is 2.20. The van der Waals surface area contributed by atoms with Crippen LogP contribution in [0.5, 0.6) is 0 Å². The van der Waals surface area contributed by atoms with Crippen molar-refractivity contribution in [1.29, 1.82) is 0 Å². The van der Waals surface area contributed by atoms with E-state index >= 15 is 0 Å². The fraction of sp³-hybridized carbons (Fsp3) is 0.364. The second-order valence-corrected chi connectivity index (χ2v) is 2.97. The van der Waals surface area contributed by atoms with Gasteiger partial charge in [0.15, 0.2) is 0 Å². The molecule has 0 aromatic carbocycles. The number of pyridine rings is 1. The first kappa shape index (κ1) is 9.78. The Bertz CT molecular complexity index is 279. The van der Waals surface area contributed by atoms with Crippen LogP contribution in [0.25, 0.3) is 0 Å². The van der Waals surface area contributed by atoms with Crippen LogP contribution in [0.1, 0.15) is 19.0 Å². The van der Waals surface area contributed by atoms with Crippen molar-refractivity contribution >= 4 is 5.69 Å². The van der Waals surface area contributed by atoms with Crippen molar-refractivity contribution in [2.75, 3.05) is 11.9 Å². The average Bonchev–Trinajstić information content (AvgIpc) is 2.13. The van der Waals surface area contributed by atoms with Gasteiger partial charge in [-0.3, -0.25) is 4.98 Å². The number of aryl methyl sites for hydroxylation is 1. The van der Waals surface area contributed by atoms with Gasteiger partial charge in [-0.2, -0.15) is 0 Å². The van der Waals surface area contributed by atoms with Crippen LogP contribution >= 0.6 is 0 Å². The van der Waals surface area contributed by atoms with Gasteiger partial charge in [-0.15, -0.1) is 0 Å². The van der Waals surface area contributed by atoms with E-state index in [2.05, 4.69) is 28.5 Å². The lowest BCUT2D eigenvalue weighted by Crippen LogP contribution is -2.00. The quantitative estimate of drug-likeness (QED) is 0.563. The number of allylic oxidation sites excluding steroid dienone is 1. The Morgan fingerprint density at radius 3 is 3.08 bits per heavy atom. The van der Waals surface area contributed by atoms with E-state index in [1.807, 2.05) is 26.1 Å². The second-order valence-electron chi connectivity index (χ2n) is 2.97. The first-order chi connectivity index (χ1) is 6.33. The van der Waals surface area contributed by atoms with E-state index in [-0.39, 0.29) is 0 Å². The molecule has 0 saturated heterocycles. The summed E-state index contributed by atoms with van der Waals surface area (Å²) >= 11 is 0. The SMILES string of the molecule is C/C=C/CCNc1ccnc(C)c1. The molecule has 1 N–H and O–H groups in total. The maximum Gasteiger partial charge on any atom is 0.0393 e. The van der Waals surface area contributed by atoms with Crippen LogP contribution in [0.4, 0.5) is 5.69 Å². The Kier molecular flexibility index (Phi) is 4.03. The monoisotopic (exact) mass is 176 g/mol. The van der Waals surface area contributed by atoms with Gasteiger partial charge in [0, 0.05) is 24.1 Å². The standard InChI is InChI=1S/C11H16N2/c1-3-4-5-7-13-11-6-8-12-10(2)9-11/h3-4,6,8-9H,5,7H2,1-2H3,(H,12,13)/b4-3+. The summed E-state index contributed by atoms with van der Waals surface area (Å²) in [7, 11) is 0. The fourth-order valence-electron chi connectivity index (χ4n) is 1.12. The maximum atomic E-state index is 4.13. The van der Waals surface area contributed by atoms with Gasteiger partial charge >= 0.3 is 0 Å². The highest BCUT2D eigenvalue weighted by Crippen LogP contribution is 2.06. The summed E-state index contributed by atoms with van der Waals surface area (Å²) < 4.78 is 0. The lowest BCUT2D eigenvalue weighted by atomic mass is 10.3. The molecule has 0 saturated carbocycles. The van der Waals surface area contributed by atoms with Crippen LogP contribution in [-0.4, -0.2) is 11.5 Å². The molecule has 2 nitrogen and oxygen atoms in total. The Labute approximate surface area is 79.7 Å². The molecule has 2 heteroatoms. The minimum atomic E-state index is 0.980. The summed E-state index contributed by atoms with van der Waals surface area (Å²) in [4.78, 5) is 4.13. The first-order valence-electron chi connectivity index (χ1n) is 4.60. The van der Waals surface area contributed by atoms with Crippen molar-refractivity contribution in [2.45, 2.75) is 20.3 Å². The van der Waals surface area contributed by atoms with Gasteiger partial charge in [0.2, 0.25) is 0 Å². The molecule has 1 aromatic rings. The molecular formula is C11H16N2. The molecule has 70 valence electrons. The minimum absolute atomic E-state index is 0.980. The molecule has 0 aliphatic heterocycles. The highest BCUT2D eigenvalue weighted by Gasteiger charge is 1.90. The molecule has 1 rings (SSSR count). The first-order valence-corrected chi connectivity index (χ1v) is 4.60. The van der Waals surface area contributed by atoms with Crippen molar-refractivity contribution in [1.82, 2.24) is 4.98 Å². The number of nitrogens with zero attached hydrogens (tertiary/aromatic N) is 1. The molecule has 0 fully saturated rings. The van der Waals surface area contributed by atoms with Gasteiger partial charge in [-0.05, 0) is 32.4 Å². The van der Waals surface area contributed by atoms with Crippen molar-refractivity contribution < 1.29 is 0 Å². The van der Waals surface area contributed by atoms with Crippen molar-refractivity contribution in [3.63, 3.8) is 0 Å². The number of hydrogen-bond acceptors (Lipinski definition) is 2. The maximum absolute atomic E-state index is 4.13. The summed E-state index contributed by atoms with van der Waals surface area (Å²) in [5, 5.41) is 3.33. The summed E-state index contributed by atoms with van der Waals surface area (Å²) in [5.74, 6) is 0. The third kappa shape index (κ3) is 3.74. The van der Waals surface area contributed by atoms with Crippen molar-refractivity contribution in [2.24, 2.45) is 0 Å². The molecule has 0 amide bonds. The smallest absolute Gasteiger partial charge is 0.0393 e. The van der Waals surface area contributed by atoms with E-state index < -0.39 is 0 Å². The summed E-state index contributed by atoms with van der Waals surface area (Å²) in [6.45, 7) is 5.02. The van der Waals surface area contributed by atoms with E-state index in [1.54, 1.807) is 0 Å². The Morgan fingerprint density at radius 2 is 2.38 bits per heavy atom. The van der Waals surface area contributed by atoms with Gasteiger partial charge in [-0.1, -0.05) is 12.2 Å². The summed E-state index contributed by atoms with van der Waals surface area (Å²) in [6.07, 6.45) is 7.12. The molecule has 13 heavy (non-hydrogen) atoms. The molecule has 0 bridgehead atoms. The topological polar surface area (TPSA) is 24.9 Å². The molecule has 0 aliphatic carbocycles. The highest BCUT2D eigenvalue weighted by molar-refractivity contribution is 5.42. The zero-order valence-electron chi connectivity index (χ0n) is 8.25. The normalized spacial score (nSPS) is 10.6. The van der Waals surface area contributed by atoms with Crippen molar-refractivity contribution in [3.8, 4) is 0 Å². The minimum Gasteiger partial charge on any atom is -0.385 e. The van der Waals surface area contributed by atoms with Crippen molar-refractivity contribution in [3.05, 3.63) is 36.2 Å². The van der Waals surface area contributed by atoms with Crippen LogP contribution in [0.15, 0.2) is 30.5 Å². The van der Waals surface area contributed by atoms with Crippen LogP contribution < -0.4 is 5.32 Å². The lowest BCUT2D eigenvalue weighted by Gasteiger charge is -2.04. The third-order valence-electron chi connectivity index (χ3n) is 1.77. The van der Waals surface area contributed by atoms with Crippen LogP contribution in [-0.2, 0) is 0 Å². The Morgan fingerprint density at radius 1 is 1.54 bits per heavy atom. The molecule has 0 radical (unpaired) electrons. The molecule has 0 atom stereocenters. The summed E-state index contributed by atoms with van der Waals surface area (Å²) in [6, 6.07) is 4.04. The van der Waals surface area contributed by atoms with E-state index in [0.29, 0.717) is 0 Å². The molecular weight excluding hydrogens is 160 g/mol. The number of rotatable bonds is 4. The van der Waals surface area contributed by atoms with Crippen LogP contribution in [0, 0.1) is 6.92 Å². The lowest BCUT2D eigenvalue weighted by molar-refractivity contribution is 1.06. The number of hydrogen-bond donors (Lipinski definition) is 1. The van der Waals surface area contributed by atoms with E-state index in [4.69, 9.17) is 0 Å². The average molecular weight is 176 g/mol. The van der Waals surface area contributed by atoms with Gasteiger partial charge in [-0.25, -0.2) is 0 Å². The van der Waals surface area contributed by atoms with Crippen LogP contribution in [0.3, 0.4) is 0 Å². The van der Waals surface area contributed by atoms with Gasteiger partial charge in [0.25, 0.3) is 0 Å².